The summed E-state index contributed by atoms with van der Waals surface area (Å²) in [5, 5.41) is 0. The van der Waals surface area contributed by atoms with Gasteiger partial charge in [-0.3, -0.25) is 4.18 Å². The SMILES string of the molecule is C=C(I)C(C)C[C@@H](CC[C@@H]1O[C@@H](CCC(OC)OC)CC1C)OS(C)(=O)=O. The van der Waals surface area contributed by atoms with Gasteiger partial charge in [0.15, 0.2) is 6.29 Å². The molecule has 0 amide bonds. The predicted molar refractivity (Wildman–Crippen MR) is 115 cm³/mol. The van der Waals surface area contributed by atoms with Crippen LogP contribution in [-0.4, -0.2) is 53.5 Å². The summed E-state index contributed by atoms with van der Waals surface area (Å²) in [6, 6.07) is 0. The van der Waals surface area contributed by atoms with Crippen molar-refractivity contribution < 1.29 is 26.8 Å². The molecular weight excluding hydrogens is 483 g/mol. The molecule has 0 aliphatic carbocycles. The van der Waals surface area contributed by atoms with Crippen LogP contribution >= 0.6 is 22.6 Å². The molecule has 8 heteroatoms. The second kappa shape index (κ2) is 12.1. The Bertz CT molecular complexity index is 548. The van der Waals surface area contributed by atoms with Gasteiger partial charge in [-0.15, -0.1) is 0 Å². The molecule has 0 radical (unpaired) electrons. The van der Waals surface area contributed by atoms with E-state index in [1.54, 1.807) is 14.2 Å². The van der Waals surface area contributed by atoms with Gasteiger partial charge in [0.25, 0.3) is 10.1 Å². The maximum Gasteiger partial charge on any atom is 0.264 e. The van der Waals surface area contributed by atoms with Crippen molar-refractivity contribution in [2.75, 3.05) is 20.5 Å². The van der Waals surface area contributed by atoms with Crippen LogP contribution in [0.2, 0.25) is 0 Å². The van der Waals surface area contributed by atoms with E-state index in [1.165, 1.54) is 0 Å². The fourth-order valence-electron chi connectivity index (χ4n) is 3.52. The second-order valence-electron chi connectivity index (χ2n) is 7.57. The highest BCUT2D eigenvalue weighted by Gasteiger charge is 2.33. The molecule has 0 saturated carbocycles. The van der Waals surface area contributed by atoms with E-state index in [0.29, 0.717) is 18.8 Å². The van der Waals surface area contributed by atoms with Crippen molar-refractivity contribution in [3.05, 3.63) is 10.2 Å². The van der Waals surface area contributed by atoms with Crippen LogP contribution in [0.3, 0.4) is 0 Å². The van der Waals surface area contributed by atoms with Crippen molar-refractivity contribution in [2.24, 2.45) is 11.8 Å². The van der Waals surface area contributed by atoms with Crippen molar-refractivity contribution in [2.45, 2.75) is 77.0 Å². The summed E-state index contributed by atoms with van der Waals surface area (Å²) in [5.74, 6) is 0.640. The van der Waals surface area contributed by atoms with Gasteiger partial charge in [0.1, 0.15) is 0 Å². The molecule has 2 unspecified atom stereocenters. The molecule has 5 atom stereocenters. The molecule has 0 spiro atoms. The van der Waals surface area contributed by atoms with E-state index in [1.807, 2.05) is 6.92 Å². The Morgan fingerprint density at radius 2 is 1.89 bits per heavy atom. The van der Waals surface area contributed by atoms with Crippen LogP contribution in [0.15, 0.2) is 10.2 Å². The third kappa shape index (κ3) is 10.0. The van der Waals surface area contributed by atoms with Gasteiger partial charge in [0.2, 0.25) is 0 Å². The summed E-state index contributed by atoms with van der Waals surface area (Å²) in [6.07, 6.45) is 5.66. The molecule has 0 bridgehead atoms. The molecule has 1 heterocycles. The van der Waals surface area contributed by atoms with E-state index >= 15 is 0 Å². The molecule has 6 nitrogen and oxygen atoms in total. The van der Waals surface area contributed by atoms with Gasteiger partial charge in [0.05, 0.1) is 24.6 Å². The summed E-state index contributed by atoms with van der Waals surface area (Å²) in [7, 11) is -0.207. The van der Waals surface area contributed by atoms with E-state index in [-0.39, 0.29) is 30.5 Å². The Kier molecular flexibility index (Phi) is 11.3. The van der Waals surface area contributed by atoms with Crippen LogP contribution < -0.4 is 0 Å². The maximum absolute atomic E-state index is 11.6. The molecule has 1 aliphatic rings. The van der Waals surface area contributed by atoms with Gasteiger partial charge in [-0.05, 0) is 70.1 Å². The van der Waals surface area contributed by atoms with Crippen LogP contribution in [0, 0.1) is 11.8 Å². The van der Waals surface area contributed by atoms with Crippen LogP contribution in [0.1, 0.15) is 52.4 Å². The Morgan fingerprint density at radius 3 is 2.41 bits per heavy atom. The van der Waals surface area contributed by atoms with Crippen molar-refractivity contribution >= 4 is 32.7 Å². The molecule has 0 aromatic heterocycles. The molecule has 0 N–H and O–H groups in total. The average Bonchev–Trinajstić information content (AvgIpc) is 2.92. The van der Waals surface area contributed by atoms with Gasteiger partial charge in [-0.25, -0.2) is 0 Å². The third-order valence-electron chi connectivity index (χ3n) is 5.12. The molecule has 160 valence electrons. The lowest BCUT2D eigenvalue weighted by molar-refractivity contribution is -0.112. The number of halogens is 1. The summed E-state index contributed by atoms with van der Waals surface area (Å²) in [5.41, 5.74) is 0. The van der Waals surface area contributed by atoms with Crippen LogP contribution in [-0.2, 0) is 28.5 Å². The minimum atomic E-state index is -3.49. The summed E-state index contributed by atoms with van der Waals surface area (Å²) >= 11 is 2.19. The van der Waals surface area contributed by atoms with Crippen molar-refractivity contribution in [1.29, 1.82) is 0 Å². The topological polar surface area (TPSA) is 71.1 Å². The lowest BCUT2D eigenvalue weighted by atomic mass is 9.94. The number of ether oxygens (including phenoxy) is 3. The van der Waals surface area contributed by atoms with E-state index in [9.17, 15) is 8.42 Å². The summed E-state index contributed by atoms with van der Waals surface area (Å²) < 4.78 is 46.2. The van der Waals surface area contributed by atoms with Crippen molar-refractivity contribution in [3.63, 3.8) is 0 Å². The summed E-state index contributed by atoms with van der Waals surface area (Å²) in [4.78, 5) is 0. The minimum Gasteiger partial charge on any atom is -0.375 e. The Balaban J connectivity index is 2.54. The minimum absolute atomic E-state index is 0.127. The van der Waals surface area contributed by atoms with Crippen LogP contribution in [0.5, 0.6) is 0 Å². The molecule has 1 saturated heterocycles. The lowest BCUT2D eigenvalue weighted by Gasteiger charge is -2.23. The number of methoxy groups -OCH3 is 2. The third-order valence-corrected chi connectivity index (χ3v) is 6.81. The Hall–Kier alpha value is 0.260. The zero-order chi connectivity index (χ0) is 20.6. The molecule has 1 aliphatic heterocycles. The van der Waals surface area contributed by atoms with E-state index in [2.05, 4.69) is 36.1 Å². The van der Waals surface area contributed by atoms with E-state index < -0.39 is 10.1 Å². The molecule has 0 aromatic carbocycles. The number of rotatable bonds is 13. The molecule has 1 fully saturated rings. The standard InChI is InChI=1S/C19H35IO6S/c1-13(15(3)20)11-17(26-27(6,21)22)7-9-18-14(2)12-16(25-18)8-10-19(23-4)24-5/h13-14,16-19H,3,7-12H2,1-2,4-6H3/t13?,14?,16-,17+,18-/m0/s1. The first-order valence-electron chi connectivity index (χ1n) is 9.49. The average molecular weight is 518 g/mol. The van der Waals surface area contributed by atoms with Gasteiger partial charge >= 0.3 is 0 Å². The molecule has 1 rings (SSSR count). The quantitative estimate of drug-likeness (QED) is 0.206. The van der Waals surface area contributed by atoms with Gasteiger partial charge < -0.3 is 14.2 Å². The highest BCUT2D eigenvalue weighted by Crippen LogP contribution is 2.33. The Labute approximate surface area is 178 Å². The Morgan fingerprint density at radius 1 is 1.26 bits per heavy atom. The molecule has 27 heavy (non-hydrogen) atoms. The van der Waals surface area contributed by atoms with E-state index in [4.69, 9.17) is 18.4 Å². The largest absolute Gasteiger partial charge is 0.375 e. The normalized spacial score (nSPS) is 25.7. The van der Waals surface area contributed by atoms with Crippen LogP contribution in [0.25, 0.3) is 0 Å². The first-order valence-corrected chi connectivity index (χ1v) is 12.4. The molecular formula is C19H35IO6S. The number of hydrogen-bond acceptors (Lipinski definition) is 6. The fourth-order valence-corrected chi connectivity index (χ4v) is 4.44. The monoisotopic (exact) mass is 518 g/mol. The number of allylic oxidation sites excluding steroid dienone is 1. The van der Waals surface area contributed by atoms with E-state index in [0.717, 1.165) is 35.5 Å². The smallest absolute Gasteiger partial charge is 0.264 e. The van der Waals surface area contributed by atoms with Gasteiger partial charge in [-0.1, -0.05) is 20.4 Å². The number of hydrogen-bond donors (Lipinski definition) is 0. The zero-order valence-corrected chi connectivity index (χ0v) is 20.1. The second-order valence-corrected chi connectivity index (χ2v) is 10.6. The van der Waals surface area contributed by atoms with Crippen molar-refractivity contribution in [3.8, 4) is 0 Å². The first kappa shape index (κ1) is 25.3. The van der Waals surface area contributed by atoms with Crippen LogP contribution in [0.4, 0.5) is 0 Å². The highest BCUT2D eigenvalue weighted by molar-refractivity contribution is 14.1. The maximum atomic E-state index is 11.6. The highest BCUT2D eigenvalue weighted by atomic mass is 127. The van der Waals surface area contributed by atoms with Crippen molar-refractivity contribution in [1.82, 2.24) is 0 Å². The summed E-state index contributed by atoms with van der Waals surface area (Å²) in [6.45, 7) is 8.18. The fraction of sp³-hybridized carbons (Fsp3) is 0.895. The molecule has 0 aromatic rings. The first-order chi connectivity index (χ1) is 12.6. The zero-order valence-electron chi connectivity index (χ0n) is 17.1. The van der Waals surface area contributed by atoms with Gasteiger partial charge in [0, 0.05) is 20.6 Å². The lowest BCUT2D eigenvalue weighted by Crippen LogP contribution is -2.24. The predicted octanol–water partition coefficient (Wildman–Crippen LogP) is 4.28. The van der Waals surface area contributed by atoms with Gasteiger partial charge in [-0.2, -0.15) is 8.42 Å².